The number of nitrogens with one attached hydrogen (secondary N) is 1. The van der Waals surface area contributed by atoms with Crippen LogP contribution in [-0.4, -0.2) is 25.1 Å². The number of hydrogen-bond donors (Lipinski definition) is 2. The van der Waals surface area contributed by atoms with E-state index in [0.717, 1.165) is 5.56 Å². The van der Waals surface area contributed by atoms with Crippen LogP contribution in [0.1, 0.15) is 19.4 Å². The van der Waals surface area contributed by atoms with E-state index in [1.807, 2.05) is 13.8 Å². The summed E-state index contributed by atoms with van der Waals surface area (Å²) in [5, 5.41) is 3.55. The monoisotopic (exact) mass is 304 g/mol. The van der Waals surface area contributed by atoms with Gasteiger partial charge in [-0.2, -0.15) is 0 Å². The van der Waals surface area contributed by atoms with Crippen molar-refractivity contribution in [3.8, 4) is 5.75 Å². The van der Waals surface area contributed by atoms with E-state index in [1.54, 1.807) is 12.1 Å². The molecule has 0 saturated carbocycles. The van der Waals surface area contributed by atoms with Crippen molar-refractivity contribution in [2.45, 2.75) is 26.3 Å². The van der Waals surface area contributed by atoms with Crippen LogP contribution in [0.4, 0.5) is 0 Å². The first-order chi connectivity index (χ1) is 8.93. The van der Waals surface area contributed by atoms with E-state index >= 15 is 0 Å². The third kappa shape index (κ3) is 5.27. The molecule has 1 atom stereocenters. The summed E-state index contributed by atoms with van der Waals surface area (Å²) in [7, 11) is 0. The number of ether oxygens (including phenoxy) is 1. The van der Waals surface area contributed by atoms with Gasteiger partial charge in [-0.1, -0.05) is 23.2 Å². The summed E-state index contributed by atoms with van der Waals surface area (Å²) in [6.07, 6.45) is 0.574. The minimum Gasteiger partial charge on any atom is -0.482 e. The summed E-state index contributed by atoms with van der Waals surface area (Å²) in [5.41, 5.74) is 6.58. The van der Waals surface area contributed by atoms with Gasteiger partial charge in [-0.05, 0) is 38.0 Å². The lowest BCUT2D eigenvalue weighted by atomic mass is 10.1. The number of halogens is 2. The second kappa shape index (κ2) is 7.58. The van der Waals surface area contributed by atoms with Crippen LogP contribution in [0.25, 0.3) is 0 Å². The summed E-state index contributed by atoms with van der Waals surface area (Å²) >= 11 is 12.1. The molecule has 3 N–H and O–H groups in total. The third-order valence-corrected chi connectivity index (χ3v) is 2.85. The quantitative estimate of drug-likeness (QED) is 0.848. The SMILES string of the molecule is CCNC(=O)COc1c(Cl)cc(Cl)cc1CC(C)N. The highest BCUT2D eigenvalue weighted by molar-refractivity contribution is 6.35. The number of rotatable bonds is 6. The smallest absolute Gasteiger partial charge is 0.257 e. The van der Waals surface area contributed by atoms with Crippen molar-refractivity contribution in [1.82, 2.24) is 5.32 Å². The van der Waals surface area contributed by atoms with Gasteiger partial charge in [0.15, 0.2) is 6.61 Å². The fourth-order valence-corrected chi connectivity index (χ4v) is 2.25. The van der Waals surface area contributed by atoms with Gasteiger partial charge in [0.25, 0.3) is 5.91 Å². The summed E-state index contributed by atoms with van der Waals surface area (Å²) in [5.74, 6) is 0.273. The molecule has 1 aromatic carbocycles. The third-order valence-electron chi connectivity index (χ3n) is 2.35. The van der Waals surface area contributed by atoms with Crippen LogP contribution in [0.5, 0.6) is 5.75 Å². The van der Waals surface area contributed by atoms with E-state index in [1.165, 1.54) is 0 Å². The molecule has 6 heteroatoms. The Morgan fingerprint density at radius 3 is 2.74 bits per heavy atom. The molecule has 1 aromatic rings. The zero-order valence-electron chi connectivity index (χ0n) is 11.0. The molecule has 0 spiro atoms. The predicted molar refractivity (Wildman–Crippen MR) is 78.0 cm³/mol. The van der Waals surface area contributed by atoms with Gasteiger partial charge in [-0.25, -0.2) is 0 Å². The molecular formula is C13H18Cl2N2O2. The summed E-state index contributed by atoms with van der Waals surface area (Å²) < 4.78 is 5.48. The number of nitrogens with two attached hydrogens (primary N) is 1. The Balaban J connectivity index is 2.88. The first-order valence-electron chi connectivity index (χ1n) is 6.07. The van der Waals surface area contributed by atoms with Gasteiger partial charge >= 0.3 is 0 Å². The Bertz CT molecular complexity index is 451. The lowest BCUT2D eigenvalue weighted by molar-refractivity contribution is -0.122. The van der Waals surface area contributed by atoms with Crippen molar-refractivity contribution >= 4 is 29.1 Å². The molecule has 0 aliphatic heterocycles. The number of carbonyl (C=O) groups excluding carboxylic acids is 1. The molecule has 4 nitrogen and oxygen atoms in total. The summed E-state index contributed by atoms with van der Waals surface area (Å²) in [6, 6.07) is 3.28. The van der Waals surface area contributed by atoms with E-state index in [0.29, 0.717) is 28.8 Å². The van der Waals surface area contributed by atoms with E-state index in [2.05, 4.69) is 5.32 Å². The van der Waals surface area contributed by atoms with Crippen molar-refractivity contribution in [2.24, 2.45) is 5.73 Å². The molecule has 0 saturated heterocycles. The van der Waals surface area contributed by atoms with Gasteiger partial charge in [0, 0.05) is 17.6 Å². The lowest BCUT2D eigenvalue weighted by Crippen LogP contribution is -2.28. The fourth-order valence-electron chi connectivity index (χ4n) is 1.66. The lowest BCUT2D eigenvalue weighted by Gasteiger charge is -2.15. The van der Waals surface area contributed by atoms with Crippen LogP contribution in [0.3, 0.4) is 0 Å². The van der Waals surface area contributed by atoms with Crippen molar-refractivity contribution < 1.29 is 9.53 Å². The molecule has 1 amide bonds. The van der Waals surface area contributed by atoms with Crippen LogP contribution in [-0.2, 0) is 11.2 Å². The molecule has 0 fully saturated rings. The average Bonchev–Trinajstić information content (AvgIpc) is 2.27. The van der Waals surface area contributed by atoms with E-state index in [9.17, 15) is 4.79 Å². The molecule has 1 rings (SSSR count). The maximum atomic E-state index is 11.4. The minimum atomic E-state index is -0.194. The minimum absolute atomic E-state index is 0.0543. The maximum Gasteiger partial charge on any atom is 0.257 e. The molecule has 0 radical (unpaired) electrons. The molecule has 0 bridgehead atoms. The van der Waals surface area contributed by atoms with Crippen LogP contribution >= 0.6 is 23.2 Å². The van der Waals surface area contributed by atoms with Crippen molar-refractivity contribution in [3.05, 3.63) is 27.7 Å². The largest absolute Gasteiger partial charge is 0.482 e. The molecule has 106 valence electrons. The number of likely N-dealkylation sites (N-methyl/N-ethyl adjacent to an activating group) is 1. The van der Waals surface area contributed by atoms with Crippen molar-refractivity contribution in [1.29, 1.82) is 0 Å². The standard InChI is InChI=1S/C13H18Cl2N2O2/c1-3-17-12(18)7-19-13-9(4-8(2)16)5-10(14)6-11(13)15/h5-6,8H,3-4,7,16H2,1-2H3,(H,17,18). The molecular weight excluding hydrogens is 287 g/mol. The summed E-state index contributed by atoms with van der Waals surface area (Å²) in [4.78, 5) is 11.4. The highest BCUT2D eigenvalue weighted by Crippen LogP contribution is 2.33. The number of hydrogen-bond acceptors (Lipinski definition) is 3. The Labute approximate surface area is 123 Å². The van der Waals surface area contributed by atoms with Gasteiger partial charge in [-0.15, -0.1) is 0 Å². The Morgan fingerprint density at radius 2 is 2.16 bits per heavy atom. The average molecular weight is 305 g/mol. The van der Waals surface area contributed by atoms with Gasteiger partial charge < -0.3 is 15.8 Å². The first-order valence-corrected chi connectivity index (χ1v) is 6.82. The highest BCUT2D eigenvalue weighted by Gasteiger charge is 2.13. The van der Waals surface area contributed by atoms with Gasteiger partial charge in [-0.3, -0.25) is 4.79 Å². The maximum absolute atomic E-state index is 11.4. The van der Waals surface area contributed by atoms with E-state index in [-0.39, 0.29) is 18.6 Å². The van der Waals surface area contributed by atoms with Crippen LogP contribution in [0.2, 0.25) is 10.0 Å². The molecule has 0 aliphatic carbocycles. The van der Waals surface area contributed by atoms with Gasteiger partial charge in [0.05, 0.1) is 5.02 Å². The van der Waals surface area contributed by atoms with Crippen molar-refractivity contribution in [2.75, 3.05) is 13.2 Å². The second-order valence-electron chi connectivity index (χ2n) is 4.30. The molecule has 19 heavy (non-hydrogen) atoms. The zero-order chi connectivity index (χ0) is 14.4. The van der Waals surface area contributed by atoms with Crippen LogP contribution < -0.4 is 15.8 Å². The summed E-state index contributed by atoms with van der Waals surface area (Å²) in [6.45, 7) is 4.20. The Hall–Kier alpha value is -0.970. The topological polar surface area (TPSA) is 64.3 Å². The predicted octanol–water partition coefficient (Wildman–Crippen LogP) is 2.40. The molecule has 0 heterocycles. The van der Waals surface area contributed by atoms with E-state index < -0.39 is 0 Å². The number of benzene rings is 1. The molecule has 0 aromatic heterocycles. The fraction of sp³-hybridized carbons (Fsp3) is 0.462. The van der Waals surface area contributed by atoms with Crippen LogP contribution in [0.15, 0.2) is 12.1 Å². The molecule has 0 aliphatic rings. The van der Waals surface area contributed by atoms with Gasteiger partial charge in [0.2, 0.25) is 0 Å². The number of carbonyl (C=O) groups is 1. The van der Waals surface area contributed by atoms with Crippen LogP contribution in [0, 0.1) is 0 Å². The second-order valence-corrected chi connectivity index (χ2v) is 5.14. The van der Waals surface area contributed by atoms with Crippen molar-refractivity contribution in [3.63, 3.8) is 0 Å². The molecule has 1 unspecified atom stereocenters. The Kier molecular flexibility index (Phi) is 6.42. The Morgan fingerprint density at radius 1 is 1.47 bits per heavy atom. The number of amides is 1. The normalized spacial score (nSPS) is 12.1. The highest BCUT2D eigenvalue weighted by atomic mass is 35.5. The zero-order valence-corrected chi connectivity index (χ0v) is 12.5. The van der Waals surface area contributed by atoms with E-state index in [4.69, 9.17) is 33.7 Å². The first kappa shape index (κ1) is 16.1. The van der Waals surface area contributed by atoms with Gasteiger partial charge in [0.1, 0.15) is 5.75 Å².